The fourth-order valence-electron chi connectivity index (χ4n) is 11.5. The fourth-order valence-corrected chi connectivity index (χ4v) is 11.5. The molecule has 3 aliphatic rings. The summed E-state index contributed by atoms with van der Waals surface area (Å²) in [5.41, 5.74) is 22.6. The average molecular weight is 787 g/mol. The topological polar surface area (TPSA) is 8.17 Å². The molecule has 9 aromatic rings. The van der Waals surface area contributed by atoms with E-state index in [-0.39, 0.29) is 17.7 Å². The minimum absolute atomic E-state index is 0.0396. The lowest BCUT2D eigenvalue weighted by Gasteiger charge is -2.43. The predicted molar refractivity (Wildman–Crippen MR) is 262 cm³/mol. The number of hydrogen-bond donors (Lipinski definition) is 0. The highest BCUT2D eigenvalue weighted by atomic mass is 15.1. The van der Waals surface area contributed by atoms with Crippen molar-refractivity contribution in [1.29, 1.82) is 0 Å². The summed E-state index contributed by atoms with van der Waals surface area (Å²) in [5, 5.41) is 5.27. The third-order valence-electron chi connectivity index (χ3n) is 14.5. The van der Waals surface area contributed by atoms with Crippen molar-refractivity contribution >= 4 is 61.7 Å². The second-order valence-corrected chi connectivity index (χ2v) is 19.5. The lowest BCUT2D eigenvalue weighted by Crippen LogP contribution is -2.60. The SMILES string of the molecule is CCCCCc1ccc2c(c1)B1c3c(cc(-c4ccccc4)c4c5c6ccccc6ccc5n-2c34)-c2cc3c(cc2N1c1ccc(C(C)(C)C)cc1)-c1ccccc1C3(C)C. The number of aryl methyl sites for hydroxylation is 1. The Labute approximate surface area is 360 Å². The van der Waals surface area contributed by atoms with Crippen LogP contribution in [-0.2, 0) is 17.3 Å². The summed E-state index contributed by atoms with van der Waals surface area (Å²) in [6.07, 6.45) is 4.75. The van der Waals surface area contributed by atoms with Crippen LogP contribution in [0, 0.1) is 0 Å². The largest absolute Gasteiger partial charge is 0.376 e. The van der Waals surface area contributed by atoms with Crippen molar-refractivity contribution < 1.29 is 0 Å². The third kappa shape index (κ3) is 5.16. The van der Waals surface area contributed by atoms with Gasteiger partial charge in [0.1, 0.15) is 0 Å². The molecule has 8 aromatic carbocycles. The molecule has 0 spiro atoms. The molecule has 0 bridgehead atoms. The Hall–Kier alpha value is -6.32. The summed E-state index contributed by atoms with van der Waals surface area (Å²) in [4.78, 5) is 2.73. The van der Waals surface area contributed by atoms with Crippen LogP contribution in [0.25, 0.3) is 71.6 Å². The van der Waals surface area contributed by atoms with Crippen molar-refractivity contribution in [1.82, 2.24) is 4.57 Å². The highest BCUT2D eigenvalue weighted by molar-refractivity contribution is 6.93. The van der Waals surface area contributed by atoms with Crippen LogP contribution in [0.1, 0.15) is 83.1 Å². The van der Waals surface area contributed by atoms with Crippen molar-refractivity contribution in [3.63, 3.8) is 0 Å². The number of benzene rings is 8. The zero-order valence-electron chi connectivity index (χ0n) is 36.2. The number of unbranched alkanes of at least 4 members (excludes halogenated alkanes) is 2. The van der Waals surface area contributed by atoms with Gasteiger partial charge in [-0.05, 0) is 132 Å². The second kappa shape index (κ2) is 13.1. The van der Waals surface area contributed by atoms with Gasteiger partial charge in [0, 0.05) is 38.8 Å². The molecule has 296 valence electrons. The van der Waals surface area contributed by atoms with Crippen molar-refractivity contribution in [2.24, 2.45) is 0 Å². The van der Waals surface area contributed by atoms with Crippen LogP contribution in [0.2, 0.25) is 0 Å². The van der Waals surface area contributed by atoms with Gasteiger partial charge in [0.15, 0.2) is 0 Å². The quantitative estimate of drug-likeness (QED) is 0.120. The Morgan fingerprint density at radius 2 is 1.36 bits per heavy atom. The van der Waals surface area contributed by atoms with Crippen molar-refractivity contribution in [2.75, 3.05) is 4.81 Å². The van der Waals surface area contributed by atoms with Crippen LogP contribution in [-0.4, -0.2) is 11.4 Å². The third-order valence-corrected chi connectivity index (χ3v) is 14.5. The predicted octanol–water partition coefficient (Wildman–Crippen LogP) is 14.2. The molecule has 1 aliphatic carbocycles. The van der Waals surface area contributed by atoms with Gasteiger partial charge in [-0.25, -0.2) is 0 Å². The molecule has 1 aromatic heterocycles. The van der Waals surface area contributed by atoms with Gasteiger partial charge in [0.25, 0.3) is 0 Å². The highest BCUT2D eigenvalue weighted by Gasteiger charge is 2.46. The number of nitrogens with zero attached hydrogens (tertiary/aromatic N) is 2. The maximum atomic E-state index is 2.73. The van der Waals surface area contributed by atoms with Gasteiger partial charge in [-0.2, -0.15) is 0 Å². The van der Waals surface area contributed by atoms with Gasteiger partial charge in [-0.3, -0.25) is 0 Å². The smallest absolute Gasteiger partial charge is 0.333 e. The average Bonchev–Trinajstić information content (AvgIpc) is 3.74. The Bertz CT molecular complexity index is 3270. The van der Waals surface area contributed by atoms with Crippen LogP contribution in [0.4, 0.5) is 11.4 Å². The zero-order chi connectivity index (χ0) is 41.4. The molecule has 61 heavy (non-hydrogen) atoms. The van der Waals surface area contributed by atoms with Crippen molar-refractivity contribution in [3.8, 4) is 39.1 Å². The summed E-state index contributed by atoms with van der Waals surface area (Å²) >= 11 is 0. The normalized spacial score (nSPS) is 14.4. The number of hydrogen-bond acceptors (Lipinski definition) is 1. The van der Waals surface area contributed by atoms with E-state index < -0.39 is 0 Å². The van der Waals surface area contributed by atoms with Crippen molar-refractivity contribution in [3.05, 3.63) is 174 Å². The molecule has 0 saturated carbocycles. The van der Waals surface area contributed by atoms with Crippen LogP contribution in [0.5, 0.6) is 0 Å². The summed E-state index contributed by atoms with van der Waals surface area (Å²) in [6.45, 7) is 14.1. The van der Waals surface area contributed by atoms with Gasteiger partial charge < -0.3 is 9.38 Å². The molecule has 0 radical (unpaired) electrons. The van der Waals surface area contributed by atoms with Crippen LogP contribution >= 0.6 is 0 Å². The maximum absolute atomic E-state index is 2.73. The Morgan fingerprint density at radius 3 is 2.16 bits per heavy atom. The number of rotatable bonds is 6. The summed E-state index contributed by atoms with van der Waals surface area (Å²) in [7, 11) is 0. The maximum Gasteiger partial charge on any atom is 0.333 e. The minimum atomic E-state index is -0.131. The molecule has 0 fully saturated rings. The van der Waals surface area contributed by atoms with E-state index in [0.29, 0.717) is 0 Å². The highest BCUT2D eigenvalue weighted by Crippen LogP contribution is 2.55. The Balaban J connectivity index is 1.27. The second-order valence-electron chi connectivity index (χ2n) is 19.5. The van der Waals surface area contributed by atoms with Gasteiger partial charge in [0.2, 0.25) is 0 Å². The molecular formula is C58H51BN2. The van der Waals surface area contributed by atoms with E-state index in [0.717, 1.165) is 6.42 Å². The van der Waals surface area contributed by atoms with E-state index in [4.69, 9.17) is 0 Å². The van der Waals surface area contributed by atoms with Gasteiger partial charge in [-0.1, -0.05) is 164 Å². The fraction of sp³-hybridized carbons (Fsp3) is 0.207. The standard InChI is InChI=1S/C58H51BN2/c1-7-8-10-17-36-24-30-50-49(32-36)59-55-46(33-43(37-18-11-9-12-19-37)54-53-41-21-14-13-20-38(41)25-31-51(53)60(50)56(54)55)45-34-48-44(42-22-15-16-23-47(42)58(48,5)6)35-52(45)61(59)40-28-26-39(27-29-40)57(2,3)4/h9,11-16,18-35H,7-8,10,17H2,1-6H3. The summed E-state index contributed by atoms with van der Waals surface area (Å²) in [5.74, 6) is 0. The van der Waals surface area contributed by atoms with E-state index in [1.807, 2.05) is 0 Å². The van der Waals surface area contributed by atoms with Crippen LogP contribution in [0.15, 0.2) is 152 Å². The van der Waals surface area contributed by atoms with Gasteiger partial charge >= 0.3 is 6.85 Å². The van der Waals surface area contributed by atoms with E-state index >= 15 is 0 Å². The van der Waals surface area contributed by atoms with Gasteiger partial charge in [-0.15, -0.1) is 0 Å². The van der Waals surface area contributed by atoms with E-state index in [9.17, 15) is 0 Å². The molecule has 0 N–H and O–H groups in total. The van der Waals surface area contributed by atoms with Crippen molar-refractivity contribution in [2.45, 2.75) is 78.1 Å². The van der Waals surface area contributed by atoms with Crippen LogP contribution in [0.3, 0.4) is 0 Å². The first-order valence-electron chi connectivity index (χ1n) is 22.5. The summed E-state index contributed by atoms with van der Waals surface area (Å²) in [6, 6.07) is 58.8. The van der Waals surface area contributed by atoms with Crippen LogP contribution < -0.4 is 15.7 Å². The summed E-state index contributed by atoms with van der Waals surface area (Å²) < 4.78 is 2.66. The van der Waals surface area contributed by atoms with E-state index in [1.54, 1.807) is 0 Å². The molecular weight excluding hydrogens is 735 g/mol. The molecule has 0 atom stereocenters. The molecule has 0 saturated heterocycles. The van der Waals surface area contributed by atoms with Gasteiger partial charge in [0.05, 0.1) is 11.0 Å². The molecule has 12 rings (SSSR count). The lowest BCUT2D eigenvalue weighted by molar-refractivity contribution is 0.590. The van der Waals surface area contributed by atoms with E-state index in [1.165, 1.54) is 135 Å². The number of anilines is 2. The molecule has 0 amide bonds. The first-order chi connectivity index (χ1) is 29.6. The first kappa shape index (κ1) is 36.5. The molecule has 2 nitrogen and oxygen atoms in total. The molecule has 3 heterocycles. The minimum Gasteiger partial charge on any atom is -0.376 e. The zero-order valence-corrected chi connectivity index (χ0v) is 36.2. The van der Waals surface area contributed by atoms with E-state index in [2.05, 4.69) is 203 Å². The monoisotopic (exact) mass is 786 g/mol. The molecule has 2 aliphatic heterocycles. The number of aromatic nitrogens is 1. The molecule has 3 heteroatoms. The lowest BCUT2D eigenvalue weighted by atomic mass is 9.43. The Morgan fingerprint density at radius 1 is 0.590 bits per heavy atom. The molecule has 0 unspecified atom stereocenters. The number of fused-ring (bicyclic) bond motifs is 13. The Kier molecular flexibility index (Phi) is 7.84. The first-order valence-corrected chi connectivity index (χ1v) is 22.5.